The van der Waals surface area contributed by atoms with Crippen molar-refractivity contribution in [1.82, 2.24) is 4.98 Å². The van der Waals surface area contributed by atoms with E-state index < -0.39 is 26.7 Å². The van der Waals surface area contributed by atoms with Crippen molar-refractivity contribution in [2.75, 3.05) is 10.0 Å². The van der Waals surface area contributed by atoms with Gasteiger partial charge >= 0.3 is 6.18 Å². The van der Waals surface area contributed by atoms with E-state index >= 15 is 0 Å². The summed E-state index contributed by atoms with van der Waals surface area (Å²) in [6, 6.07) is 8.16. The van der Waals surface area contributed by atoms with E-state index in [2.05, 4.69) is 15.0 Å². The van der Waals surface area contributed by atoms with E-state index in [1.807, 2.05) is 0 Å². The lowest BCUT2D eigenvalue weighted by Gasteiger charge is -2.19. The summed E-state index contributed by atoms with van der Waals surface area (Å²) in [7, 11) is -4.24. The number of amides is 1. The van der Waals surface area contributed by atoms with Crippen LogP contribution in [0.5, 0.6) is 0 Å². The van der Waals surface area contributed by atoms with Crippen LogP contribution < -0.4 is 10.0 Å². The van der Waals surface area contributed by atoms with E-state index in [9.17, 15) is 26.4 Å². The van der Waals surface area contributed by atoms with Crippen molar-refractivity contribution >= 4 is 48.3 Å². The summed E-state index contributed by atoms with van der Waals surface area (Å²) in [5, 5.41) is 3.26. The molecule has 1 saturated carbocycles. The summed E-state index contributed by atoms with van der Waals surface area (Å²) < 4.78 is 67.0. The van der Waals surface area contributed by atoms with Gasteiger partial charge in [0.2, 0.25) is 5.91 Å². The molecule has 0 atom stereocenters. The molecule has 0 bridgehead atoms. The Bertz CT molecular complexity index is 1250. The molecule has 4 rings (SSSR count). The number of carbonyl (C=O) groups is 1. The predicted molar refractivity (Wildman–Crippen MR) is 117 cm³/mol. The average molecular weight is 484 g/mol. The summed E-state index contributed by atoms with van der Waals surface area (Å²) in [5.41, 5.74) is -0.419. The molecule has 1 aliphatic carbocycles. The summed E-state index contributed by atoms with van der Waals surface area (Å²) in [4.78, 5) is 16.3. The fraction of sp³-hybridized carbons (Fsp3) is 0.333. The van der Waals surface area contributed by atoms with Gasteiger partial charge in [0.05, 0.1) is 26.4 Å². The molecule has 2 aromatic carbocycles. The van der Waals surface area contributed by atoms with Crippen molar-refractivity contribution in [1.29, 1.82) is 0 Å². The first-order valence-corrected chi connectivity index (χ1v) is 12.3. The van der Waals surface area contributed by atoms with Gasteiger partial charge in [0.15, 0.2) is 5.13 Å². The van der Waals surface area contributed by atoms with E-state index in [0.717, 1.165) is 55.0 Å². The van der Waals surface area contributed by atoms with Crippen molar-refractivity contribution in [3.05, 3.63) is 48.0 Å². The van der Waals surface area contributed by atoms with Crippen LogP contribution in [0.25, 0.3) is 10.2 Å². The summed E-state index contributed by atoms with van der Waals surface area (Å²) >= 11 is 1.27. The van der Waals surface area contributed by atoms with E-state index in [4.69, 9.17) is 0 Å². The lowest BCUT2D eigenvalue weighted by Crippen LogP contribution is -2.24. The normalized spacial score (nSPS) is 15.6. The highest BCUT2D eigenvalue weighted by Gasteiger charge is 2.31. The molecule has 1 fully saturated rings. The molecule has 1 heterocycles. The summed E-state index contributed by atoms with van der Waals surface area (Å²) in [6.45, 7) is 0. The molecule has 2 N–H and O–H groups in total. The van der Waals surface area contributed by atoms with Gasteiger partial charge in [0, 0.05) is 5.92 Å². The van der Waals surface area contributed by atoms with Crippen LogP contribution in [0.4, 0.5) is 24.0 Å². The van der Waals surface area contributed by atoms with Crippen LogP contribution in [0.3, 0.4) is 0 Å². The molecule has 0 saturated heterocycles. The van der Waals surface area contributed by atoms with Crippen LogP contribution in [-0.2, 0) is 21.0 Å². The van der Waals surface area contributed by atoms with Gasteiger partial charge in [0.25, 0.3) is 10.0 Å². The highest BCUT2D eigenvalue weighted by Crippen LogP contribution is 2.32. The molecule has 170 valence electrons. The van der Waals surface area contributed by atoms with Crippen LogP contribution >= 0.6 is 11.3 Å². The molecule has 11 heteroatoms. The second-order valence-corrected chi connectivity index (χ2v) is 10.4. The van der Waals surface area contributed by atoms with Crippen LogP contribution in [0, 0.1) is 5.92 Å². The number of carbonyl (C=O) groups excluding carboxylic acids is 1. The lowest BCUT2D eigenvalue weighted by molar-refractivity contribution is -0.137. The zero-order valence-electron chi connectivity index (χ0n) is 16.8. The Hall–Kier alpha value is -2.66. The average Bonchev–Trinajstić information content (AvgIpc) is 3.15. The first-order valence-electron chi connectivity index (χ1n) is 10.0. The fourth-order valence-corrected chi connectivity index (χ4v) is 5.61. The van der Waals surface area contributed by atoms with E-state index in [1.165, 1.54) is 23.5 Å². The summed E-state index contributed by atoms with van der Waals surface area (Å²) in [6.07, 6.45) is 0.282. The quantitative estimate of drug-likeness (QED) is 0.492. The van der Waals surface area contributed by atoms with Crippen molar-refractivity contribution < 1.29 is 26.4 Å². The third-order valence-electron chi connectivity index (χ3n) is 5.32. The minimum atomic E-state index is -4.65. The molecule has 1 aliphatic rings. The highest BCUT2D eigenvalue weighted by atomic mass is 32.2. The molecule has 0 radical (unpaired) electrons. The van der Waals surface area contributed by atoms with Crippen LogP contribution in [0.1, 0.15) is 37.7 Å². The van der Waals surface area contributed by atoms with Crippen molar-refractivity contribution in [2.24, 2.45) is 5.92 Å². The fourth-order valence-electron chi connectivity index (χ4n) is 3.67. The maximum absolute atomic E-state index is 12.9. The second kappa shape index (κ2) is 8.70. The first kappa shape index (κ1) is 22.5. The number of aromatic nitrogens is 1. The van der Waals surface area contributed by atoms with Gasteiger partial charge in [0.1, 0.15) is 0 Å². The van der Waals surface area contributed by atoms with Gasteiger partial charge in [-0.3, -0.25) is 9.52 Å². The van der Waals surface area contributed by atoms with Crippen LogP contribution in [-0.4, -0.2) is 19.3 Å². The predicted octanol–water partition coefficient (Wildman–Crippen LogP) is 5.63. The first-order chi connectivity index (χ1) is 15.1. The maximum atomic E-state index is 12.9. The second-order valence-electron chi connectivity index (χ2n) is 7.66. The molecular weight excluding hydrogens is 463 g/mol. The number of fused-ring (bicyclic) bond motifs is 1. The number of hydrogen-bond donors (Lipinski definition) is 2. The third kappa shape index (κ3) is 5.04. The number of alkyl halides is 3. The molecule has 0 spiro atoms. The van der Waals surface area contributed by atoms with Gasteiger partial charge in [-0.15, -0.1) is 0 Å². The molecule has 0 unspecified atom stereocenters. The van der Waals surface area contributed by atoms with Crippen molar-refractivity contribution in [3.8, 4) is 0 Å². The number of thiazole rings is 1. The molecule has 32 heavy (non-hydrogen) atoms. The molecule has 1 aromatic heterocycles. The molecule has 1 amide bonds. The van der Waals surface area contributed by atoms with Gasteiger partial charge in [-0.2, -0.15) is 13.2 Å². The molecule has 3 aromatic rings. The molecular formula is C21H20F3N3O3S2. The van der Waals surface area contributed by atoms with Gasteiger partial charge in [-0.05, 0) is 49.2 Å². The molecule has 0 aliphatic heterocycles. The van der Waals surface area contributed by atoms with Crippen molar-refractivity contribution in [3.63, 3.8) is 0 Å². The Balaban J connectivity index is 1.52. The SMILES string of the molecule is O=C(Nc1nc2cc(NS(=O)(=O)c3cccc(C(F)(F)F)c3)ccc2s1)C1CCCCC1. The lowest BCUT2D eigenvalue weighted by atomic mass is 9.89. The van der Waals surface area contributed by atoms with Gasteiger partial charge in [-0.1, -0.05) is 36.7 Å². The minimum absolute atomic E-state index is 0.0226. The topological polar surface area (TPSA) is 88.2 Å². The largest absolute Gasteiger partial charge is 0.416 e. The third-order valence-corrected chi connectivity index (χ3v) is 7.65. The number of hydrogen-bond acceptors (Lipinski definition) is 5. The number of rotatable bonds is 5. The Kier molecular flexibility index (Phi) is 6.13. The Morgan fingerprint density at radius 2 is 1.81 bits per heavy atom. The number of anilines is 2. The van der Waals surface area contributed by atoms with Gasteiger partial charge in [-0.25, -0.2) is 13.4 Å². The molecule has 6 nitrogen and oxygen atoms in total. The highest BCUT2D eigenvalue weighted by molar-refractivity contribution is 7.92. The number of nitrogens with one attached hydrogen (secondary N) is 2. The number of nitrogens with zero attached hydrogens (tertiary/aromatic N) is 1. The van der Waals surface area contributed by atoms with Crippen LogP contribution in [0.15, 0.2) is 47.4 Å². The smallest absolute Gasteiger partial charge is 0.302 e. The Morgan fingerprint density at radius 1 is 1.06 bits per heavy atom. The minimum Gasteiger partial charge on any atom is -0.302 e. The van der Waals surface area contributed by atoms with Crippen molar-refractivity contribution in [2.45, 2.75) is 43.2 Å². The zero-order valence-corrected chi connectivity index (χ0v) is 18.4. The number of benzene rings is 2. The maximum Gasteiger partial charge on any atom is 0.416 e. The Labute approximate surface area is 186 Å². The van der Waals surface area contributed by atoms with E-state index in [1.54, 1.807) is 6.07 Å². The van der Waals surface area contributed by atoms with Crippen LogP contribution in [0.2, 0.25) is 0 Å². The zero-order chi connectivity index (χ0) is 22.9. The number of sulfonamides is 1. The van der Waals surface area contributed by atoms with E-state index in [-0.39, 0.29) is 17.5 Å². The number of halogens is 3. The monoisotopic (exact) mass is 483 g/mol. The van der Waals surface area contributed by atoms with Gasteiger partial charge < -0.3 is 5.32 Å². The Morgan fingerprint density at radius 3 is 2.53 bits per heavy atom. The summed E-state index contributed by atoms with van der Waals surface area (Å²) in [5.74, 6) is -0.0835. The standard InChI is InChI=1S/C21H20F3N3O3S2/c22-21(23,24)14-7-4-8-16(11-14)32(29,30)27-15-9-10-18-17(12-15)25-20(31-18)26-19(28)13-5-2-1-3-6-13/h4,7-13,27H,1-3,5-6H2,(H,25,26,28). The van der Waals surface area contributed by atoms with E-state index in [0.29, 0.717) is 16.7 Å².